The van der Waals surface area contributed by atoms with Crippen LogP contribution in [0.25, 0.3) is 0 Å². The van der Waals surface area contributed by atoms with Crippen LogP contribution in [0, 0.1) is 0 Å². The quantitative estimate of drug-likeness (QED) is 0.326. The molecule has 1 aliphatic heterocycles. The summed E-state index contributed by atoms with van der Waals surface area (Å²) in [6.45, 7) is 1.50. The Bertz CT molecular complexity index is 125. The predicted octanol–water partition coefficient (Wildman–Crippen LogP) is -2.19. The largest absolute Gasteiger partial charge is 0.388 e. The Kier molecular flexibility index (Phi) is 2.46. The third-order valence-corrected chi connectivity index (χ3v) is 1.83. The summed E-state index contributed by atoms with van der Waals surface area (Å²) < 4.78 is 4.68. The van der Waals surface area contributed by atoms with E-state index in [0.29, 0.717) is 0 Å². The Hall–Kier alpha value is -0.200. The summed E-state index contributed by atoms with van der Waals surface area (Å²) in [7, 11) is 0. The van der Waals surface area contributed by atoms with Gasteiger partial charge < -0.3 is 25.2 Å². The third-order valence-electron chi connectivity index (χ3n) is 1.83. The van der Waals surface area contributed by atoms with Crippen molar-refractivity contribution >= 4 is 0 Å². The highest BCUT2D eigenvalue weighted by atomic mass is 16.6. The van der Waals surface area contributed by atoms with Crippen molar-refractivity contribution in [1.82, 2.24) is 0 Å². The zero-order valence-electron chi connectivity index (χ0n) is 6.08. The molecule has 1 saturated heterocycles. The van der Waals surface area contributed by atoms with E-state index < -0.39 is 30.7 Å². The summed E-state index contributed by atoms with van der Waals surface area (Å²) in [5, 5.41) is 36.0. The van der Waals surface area contributed by atoms with E-state index in [1.807, 2.05) is 0 Å². The molecule has 11 heavy (non-hydrogen) atoms. The minimum absolute atomic E-state index is 0.664. The van der Waals surface area contributed by atoms with Gasteiger partial charge in [-0.3, -0.25) is 0 Å². The van der Waals surface area contributed by atoms with Crippen LogP contribution < -0.4 is 0 Å². The van der Waals surface area contributed by atoms with Gasteiger partial charge in [-0.15, -0.1) is 0 Å². The van der Waals surface area contributed by atoms with Gasteiger partial charge in [0.1, 0.15) is 18.3 Å². The second-order valence-electron chi connectivity index (χ2n) is 2.70. The molecule has 5 heteroatoms. The lowest BCUT2D eigenvalue weighted by Crippen LogP contribution is -2.56. The van der Waals surface area contributed by atoms with Crippen LogP contribution in [-0.4, -0.2) is 51.1 Å². The van der Waals surface area contributed by atoms with Gasteiger partial charge in [0.25, 0.3) is 0 Å². The van der Waals surface area contributed by atoms with Crippen molar-refractivity contribution in [2.45, 2.75) is 37.6 Å². The van der Waals surface area contributed by atoms with Crippen LogP contribution in [0.1, 0.15) is 6.92 Å². The van der Waals surface area contributed by atoms with Gasteiger partial charge in [-0.2, -0.15) is 0 Å². The minimum Gasteiger partial charge on any atom is -0.388 e. The van der Waals surface area contributed by atoms with Gasteiger partial charge in [0, 0.05) is 0 Å². The molecule has 1 fully saturated rings. The maximum absolute atomic E-state index is 9.09. The molecule has 3 unspecified atom stereocenters. The van der Waals surface area contributed by atoms with Gasteiger partial charge in [0.15, 0.2) is 6.29 Å². The Morgan fingerprint density at radius 2 is 1.45 bits per heavy atom. The fourth-order valence-electron chi connectivity index (χ4n) is 1.03. The van der Waals surface area contributed by atoms with E-state index >= 15 is 0 Å². The van der Waals surface area contributed by atoms with Crippen molar-refractivity contribution < 1.29 is 25.2 Å². The molecule has 0 aromatic rings. The number of ether oxygens (including phenoxy) is 1. The van der Waals surface area contributed by atoms with Crippen molar-refractivity contribution in [3.63, 3.8) is 0 Å². The zero-order chi connectivity index (χ0) is 8.59. The monoisotopic (exact) mass is 164 g/mol. The normalized spacial score (nSPS) is 52.6. The maximum atomic E-state index is 9.09. The van der Waals surface area contributed by atoms with Crippen molar-refractivity contribution in [3.8, 4) is 0 Å². The summed E-state index contributed by atoms with van der Waals surface area (Å²) in [6.07, 6.45) is -5.99. The van der Waals surface area contributed by atoms with Gasteiger partial charge in [-0.25, -0.2) is 0 Å². The van der Waals surface area contributed by atoms with Gasteiger partial charge in [-0.1, -0.05) is 0 Å². The van der Waals surface area contributed by atoms with Crippen LogP contribution in [0.4, 0.5) is 0 Å². The van der Waals surface area contributed by atoms with E-state index in [9.17, 15) is 0 Å². The molecule has 1 aliphatic rings. The van der Waals surface area contributed by atoms with Gasteiger partial charge in [0.2, 0.25) is 0 Å². The molecule has 66 valence electrons. The van der Waals surface area contributed by atoms with Gasteiger partial charge in [-0.05, 0) is 6.92 Å². The summed E-state index contributed by atoms with van der Waals surface area (Å²) >= 11 is 0. The van der Waals surface area contributed by atoms with Gasteiger partial charge >= 0.3 is 0 Å². The number of rotatable bonds is 0. The van der Waals surface area contributed by atoms with Crippen LogP contribution in [0.2, 0.25) is 0 Å². The first-order valence-corrected chi connectivity index (χ1v) is 3.41. The SMILES string of the molecule is C[C@H]1OC(O)C(O)[C@H](O)C1O. The standard InChI is InChI=1S/C6H12O5/c1-2-3(7)4(8)5(9)6(10)11-2/h2-10H,1H3/t2-,3?,4-,5?,6?/m1/s1. The Morgan fingerprint density at radius 3 is 2.00 bits per heavy atom. The smallest absolute Gasteiger partial charge is 0.183 e. The van der Waals surface area contributed by atoms with Crippen molar-refractivity contribution in [2.75, 3.05) is 0 Å². The van der Waals surface area contributed by atoms with Crippen LogP contribution in [0.3, 0.4) is 0 Å². The molecule has 0 amide bonds. The fraction of sp³-hybridized carbons (Fsp3) is 1.00. The molecule has 1 rings (SSSR count). The summed E-state index contributed by atoms with van der Waals surface area (Å²) in [5.74, 6) is 0. The Morgan fingerprint density at radius 1 is 0.909 bits per heavy atom. The second-order valence-corrected chi connectivity index (χ2v) is 2.70. The van der Waals surface area contributed by atoms with Crippen molar-refractivity contribution in [2.24, 2.45) is 0 Å². The summed E-state index contributed by atoms with van der Waals surface area (Å²) in [6, 6.07) is 0. The topological polar surface area (TPSA) is 90.2 Å². The number of hydrogen-bond donors (Lipinski definition) is 4. The first-order valence-electron chi connectivity index (χ1n) is 3.41. The minimum atomic E-state index is -1.43. The lowest BCUT2D eigenvalue weighted by Gasteiger charge is -2.36. The molecule has 0 aromatic carbocycles. The average Bonchev–Trinajstić information content (AvgIpc) is 1.97. The molecule has 4 N–H and O–H groups in total. The summed E-state index contributed by atoms with van der Waals surface area (Å²) in [5.41, 5.74) is 0. The number of aliphatic hydroxyl groups excluding tert-OH is 4. The predicted molar refractivity (Wildman–Crippen MR) is 34.6 cm³/mol. The van der Waals surface area contributed by atoms with Gasteiger partial charge in [0.05, 0.1) is 6.10 Å². The second kappa shape index (κ2) is 3.04. The molecule has 0 aliphatic carbocycles. The molecule has 0 spiro atoms. The molecular weight excluding hydrogens is 152 g/mol. The molecular formula is C6H12O5. The lowest BCUT2D eigenvalue weighted by atomic mass is 10.0. The van der Waals surface area contributed by atoms with E-state index in [-0.39, 0.29) is 0 Å². The van der Waals surface area contributed by atoms with Crippen molar-refractivity contribution in [1.29, 1.82) is 0 Å². The van der Waals surface area contributed by atoms with E-state index in [1.54, 1.807) is 0 Å². The number of aliphatic hydroxyl groups is 4. The van der Waals surface area contributed by atoms with Crippen LogP contribution in [0.15, 0.2) is 0 Å². The third kappa shape index (κ3) is 1.52. The first-order chi connectivity index (χ1) is 5.04. The molecule has 5 atom stereocenters. The summed E-state index contributed by atoms with van der Waals surface area (Å²) in [4.78, 5) is 0. The van der Waals surface area contributed by atoms with E-state index in [1.165, 1.54) is 6.92 Å². The zero-order valence-corrected chi connectivity index (χ0v) is 6.08. The van der Waals surface area contributed by atoms with Crippen LogP contribution in [0.5, 0.6) is 0 Å². The Balaban J connectivity index is 2.63. The molecule has 0 bridgehead atoms. The molecule has 0 radical (unpaired) electrons. The number of hydrogen-bond acceptors (Lipinski definition) is 5. The van der Waals surface area contributed by atoms with E-state index in [0.717, 1.165) is 0 Å². The average molecular weight is 164 g/mol. The lowest BCUT2D eigenvalue weighted by molar-refractivity contribution is -0.277. The highest BCUT2D eigenvalue weighted by Crippen LogP contribution is 2.18. The van der Waals surface area contributed by atoms with Crippen molar-refractivity contribution in [3.05, 3.63) is 0 Å². The highest BCUT2D eigenvalue weighted by molar-refractivity contribution is 4.86. The van der Waals surface area contributed by atoms with E-state index in [4.69, 9.17) is 20.4 Å². The van der Waals surface area contributed by atoms with Crippen LogP contribution in [-0.2, 0) is 4.74 Å². The fourth-order valence-corrected chi connectivity index (χ4v) is 1.03. The highest BCUT2D eigenvalue weighted by Gasteiger charge is 2.40. The molecule has 0 aromatic heterocycles. The molecule has 1 heterocycles. The van der Waals surface area contributed by atoms with E-state index in [2.05, 4.69) is 4.74 Å². The Labute approximate surface area is 63.8 Å². The molecule has 0 saturated carbocycles. The van der Waals surface area contributed by atoms with Crippen LogP contribution >= 0.6 is 0 Å². The maximum Gasteiger partial charge on any atom is 0.183 e. The molecule has 5 nitrogen and oxygen atoms in total. The first kappa shape index (κ1) is 8.89.